The quantitative estimate of drug-likeness (QED) is 0.647. The van der Waals surface area contributed by atoms with Crippen molar-refractivity contribution in [3.05, 3.63) is 75.3 Å². The zero-order valence-corrected chi connectivity index (χ0v) is 17.6. The van der Waals surface area contributed by atoms with Crippen molar-refractivity contribution in [3.8, 4) is 0 Å². The lowest BCUT2D eigenvalue weighted by molar-refractivity contribution is 0.243. The van der Waals surface area contributed by atoms with Crippen LogP contribution in [0.15, 0.2) is 53.3 Å². The molecule has 152 valence electrons. The van der Waals surface area contributed by atoms with Gasteiger partial charge in [-0.25, -0.2) is 4.98 Å². The van der Waals surface area contributed by atoms with Gasteiger partial charge < -0.3 is 5.73 Å². The molecule has 0 saturated heterocycles. The van der Waals surface area contributed by atoms with Crippen LogP contribution < -0.4 is 11.3 Å². The predicted octanol–water partition coefficient (Wildman–Crippen LogP) is 4.97. The predicted molar refractivity (Wildman–Crippen MR) is 119 cm³/mol. The van der Waals surface area contributed by atoms with Crippen LogP contribution in [0.2, 0.25) is 5.02 Å². The Labute approximate surface area is 176 Å². The molecule has 1 aliphatic rings. The molecule has 29 heavy (non-hydrogen) atoms. The lowest BCUT2D eigenvalue weighted by Gasteiger charge is -2.30. The fourth-order valence-electron chi connectivity index (χ4n) is 4.65. The van der Waals surface area contributed by atoms with E-state index >= 15 is 0 Å². The van der Waals surface area contributed by atoms with Gasteiger partial charge in [-0.3, -0.25) is 9.36 Å². The van der Waals surface area contributed by atoms with E-state index in [0.717, 1.165) is 30.8 Å². The van der Waals surface area contributed by atoms with Crippen LogP contribution in [0.25, 0.3) is 10.9 Å². The first-order valence-electron chi connectivity index (χ1n) is 10.5. The van der Waals surface area contributed by atoms with E-state index in [-0.39, 0.29) is 11.5 Å². The van der Waals surface area contributed by atoms with Gasteiger partial charge in [0.15, 0.2) is 0 Å². The summed E-state index contributed by atoms with van der Waals surface area (Å²) in [5, 5.41) is 1.15. The summed E-state index contributed by atoms with van der Waals surface area (Å²) >= 11 is 6.18. The van der Waals surface area contributed by atoms with Gasteiger partial charge in [0, 0.05) is 17.5 Å². The molecule has 4 rings (SSSR count). The highest BCUT2D eigenvalue weighted by Gasteiger charge is 2.25. The van der Waals surface area contributed by atoms with Crippen molar-refractivity contribution in [1.29, 1.82) is 0 Å². The molecule has 2 N–H and O–H groups in total. The Morgan fingerprint density at radius 1 is 1.17 bits per heavy atom. The van der Waals surface area contributed by atoms with E-state index in [2.05, 4.69) is 19.1 Å². The molecular weight excluding hydrogens is 382 g/mol. The normalized spacial score (nSPS) is 20.7. The topological polar surface area (TPSA) is 60.9 Å². The molecule has 0 spiro atoms. The zero-order chi connectivity index (χ0) is 20.4. The van der Waals surface area contributed by atoms with Gasteiger partial charge in [0.2, 0.25) is 0 Å². The first-order chi connectivity index (χ1) is 14.1. The molecule has 2 aromatic carbocycles. The number of nitrogens with two attached hydrogens (primary N) is 1. The third-order valence-electron chi connectivity index (χ3n) is 6.30. The van der Waals surface area contributed by atoms with Gasteiger partial charge >= 0.3 is 0 Å². The van der Waals surface area contributed by atoms with E-state index in [1.54, 1.807) is 12.1 Å². The Morgan fingerprint density at radius 2 is 1.93 bits per heavy atom. The Morgan fingerprint density at radius 3 is 2.69 bits per heavy atom. The van der Waals surface area contributed by atoms with Crippen LogP contribution in [-0.2, 0) is 6.54 Å². The van der Waals surface area contributed by atoms with Crippen LogP contribution in [0.3, 0.4) is 0 Å². The van der Waals surface area contributed by atoms with Crippen molar-refractivity contribution in [2.45, 2.75) is 45.1 Å². The number of hydrogen-bond acceptors (Lipinski definition) is 3. The smallest absolute Gasteiger partial charge is 0.261 e. The molecule has 3 atom stereocenters. The van der Waals surface area contributed by atoms with Crippen molar-refractivity contribution in [2.24, 2.45) is 17.6 Å². The monoisotopic (exact) mass is 409 g/mol. The highest BCUT2D eigenvalue weighted by molar-refractivity contribution is 6.31. The fourth-order valence-corrected chi connectivity index (χ4v) is 4.82. The molecule has 1 saturated carbocycles. The Hall–Kier alpha value is -2.17. The zero-order valence-electron chi connectivity index (χ0n) is 16.9. The number of benzene rings is 2. The minimum atomic E-state index is 0.00477. The Balaban J connectivity index is 1.81. The van der Waals surface area contributed by atoms with Gasteiger partial charge in [-0.15, -0.1) is 0 Å². The lowest BCUT2D eigenvalue weighted by atomic mass is 9.81. The molecule has 0 radical (unpaired) electrons. The van der Waals surface area contributed by atoms with E-state index in [0.29, 0.717) is 34.3 Å². The lowest BCUT2D eigenvalue weighted by Crippen LogP contribution is -2.32. The summed E-state index contributed by atoms with van der Waals surface area (Å²) in [4.78, 5) is 18.4. The van der Waals surface area contributed by atoms with Gasteiger partial charge in [0.05, 0.1) is 10.9 Å². The van der Waals surface area contributed by atoms with Crippen LogP contribution in [-0.4, -0.2) is 16.1 Å². The van der Waals surface area contributed by atoms with Crippen molar-refractivity contribution < 1.29 is 0 Å². The summed E-state index contributed by atoms with van der Waals surface area (Å²) in [6, 6.07) is 15.6. The third kappa shape index (κ3) is 4.24. The van der Waals surface area contributed by atoms with Crippen LogP contribution in [0, 0.1) is 11.8 Å². The van der Waals surface area contributed by atoms with E-state index in [9.17, 15) is 4.79 Å². The second-order valence-corrected chi connectivity index (χ2v) is 8.75. The number of halogens is 1. The molecule has 3 aromatic rings. The summed E-state index contributed by atoms with van der Waals surface area (Å²) in [7, 11) is 0. The number of hydrogen-bond donors (Lipinski definition) is 1. The van der Waals surface area contributed by atoms with Gasteiger partial charge in [0.1, 0.15) is 5.82 Å². The van der Waals surface area contributed by atoms with Gasteiger partial charge in [0.25, 0.3) is 5.56 Å². The Bertz CT molecular complexity index is 1050. The van der Waals surface area contributed by atoms with Crippen LogP contribution in [0.4, 0.5) is 0 Å². The molecular formula is C24H28ClN3O. The molecule has 0 aliphatic heterocycles. The molecule has 4 nitrogen and oxygen atoms in total. The van der Waals surface area contributed by atoms with E-state index in [1.807, 2.05) is 28.8 Å². The van der Waals surface area contributed by atoms with Gasteiger partial charge in [-0.05, 0) is 61.4 Å². The second-order valence-electron chi connectivity index (χ2n) is 8.31. The van der Waals surface area contributed by atoms with Crippen LogP contribution >= 0.6 is 11.6 Å². The maximum Gasteiger partial charge on any atom is 0.261 e. The van der Waals surface area contributed by atoms with Crippen molar-refractivity contribution in [3.63, 3.8) is 0 Å². The summed E-state index contributed by atoms with van der Waals surface area (Å²) in [5.74, 6) is 1.86. The number of rotatable bonds is 5. The molecule has 0 amide bonds. The average Bonchev–Trinajstić information content (AvgIpc) is 2.76. The van der Waals surface area contributed by atoms with E-state index < -0.39 is 0 Å². The van der Waals surface area contributed by atoms with Gasteiger partial charge in [-0.1, -0.05) is 55.3 Å². The molecule has 3 unspecified atom stereocenters. The highest BCUT2D eigenvalue weighted by Crippen LogP contribution is 2.31. The molecule has 1 heterocycles. The third-order valence-corrected chi connectivity index (χ3v) is 6.53. The number of aromatic nitrogens is 2. The minimum Gasteiger partial charge on any atom is -0.330 e. The summed E-state index contributed by atoms with van der Waals surface area (Å²) < 4.78 is 1.90. The van der Waals surface area contributed by atoms with Crippen LogP contribution in [0.5, 0.6) is 0 Å². The first-order valence-corrected chi connectivity index (χ1v) is 10.9. The van der Waals surface area contributed by atoms with Crippen molar-refractivity contribution in [1.82, 2.24) is 9.55 Å². The standard InChI is InChI=1S/C24H28ClN3O/c1-16(19-8-3-2-4-9-19)23-27-22-11-10-20(25)13-21(22)24(29)28(23)15-18-7-5-6-17(12-18)14-26/h2-4,8-11,13,16-18H,5-7,12,14-15,26H2,1H3. The Kier molecular flexibility index (Phi) is 6.02. The van der Waals surface area contributed by atoms with Crippen molar-refractivity contribution >= 4 is 22.5 Å². The van der Waals surface area contributed by atoms with Gasteiger partial charge in [-0.2, -0.15) is 0 Å². The average molecular weight is 410 g/mol. The first kappa shape index (κ1) is 20.1. The highest BCUT2D eigenvalue weighted by atomic mass is 35.5. The SMILES string of the molecule is CC(c1ccccc1)c1nc2ccc(Cl)cc2c(=O)n1CC1CCCC(CN)C1. The summed E-state index contributed by atoms with van der Waals surface area (Å²) in [6.45, 7) is 3.54. The molecule has 1 aliphatic carbocycles. The van der Waals surface area contributed by atoms with Crippen molar-refractivity contribution in [2.75, 3.05) is 6.54 Å². The molecule has 0 bridgehead atoms. The number of fused-ring (bicyclic) bond motifs is 1. The van der Waals surface area contributed by atoms with Crippen LogP contribution in [0.1, 0.15) is 49.9 Å². The molecule has 1 fully saturated rings. The molecule has 5 heteroatoms. The summed E-state index contributed by atoms with van der Waals surface area (Å²) in [6.07, 6.45) is 4.59. The second kappa shape index (κ2) is 8.68. The maximum atomic E-state index is 13.5. The minimum absolute atomic E-state index is 0.00477. The number of nitrogens with zero attached hydrogens (tertiary/aromatic N) is 2. The molecule has 1 aromatic heterocycles. The summed E-state index contributed by atoms with van der Waals surface area (Å²) in [5.41, 5.74) is 7.81. The van der Waals surface area contributed by atoms with E-state index in [4.69, 9.17) is 22.3 Å². The fraction of sp³-hybridized carbons (Fsp3) is 0.417. The maximum absolute atomic E-state index is 13.5. The largest absolute Gasteiger partial charge is 0.330 e. The van der Waals surface area contributed by atoms with E-state index in [1.165, 1.54) is 12.8 Å².